The molecule has 20 heavy (non-hydrogen) atoms. The molecule has 2 nitrogen and oxygen atoms in total. The summed E-state index contributed by atoms with van der Waals surface area (Å²) in [6.45, 7) is 4.69. The lowest BCUT2D eigenvalue weighted by Gasteiger charge is -2.13. The molecule has 0 heterocycles. The lowest BCUT2D eigenvalue weighted by Crippen LogP contribution is -2.22. The maximum Gasteiger partial charge on any atom is 0.132 e. The summed E-state index contributed by atoms with van der Waals surface area (Å²) < 4.78 is 20.4. The molecule has 0 radical (unpaired) electrons. The third kappa shape index (κ3) is 4.45. The van der Waals surface area contributed by atoms with E-state index < -0.39 is 0 Å². The molecule has 0 aromatic heterocycles. The van der Waals surface area contributed by atoms with Gasteiger partial charge in [0.1, 0.15) is 17.3 Å². The number of rotatable bonds is 5. The number of benzene rings is 2. The highest BCUT2D eigenvalue weighted by Crippen LogP contribution is 2.26. The van der Waals surface area contributed by atoms with Gasteiger partial charge in [-0.2, -0.15) is 0 Å². The molecule has 0 fully saturated rings. The molecule has 0 bridgehead atoms. The van der Waals surface area contributed by atoms with Gasteiger partial charge in [-0.3, -0.25) is 0 Å². The Bertz CT molecular complexity index is 569. The first kappa shape index (κ1) is 15.3. The van der Waals surface area contributed by atoms with E-state index in [9.17, 15) is 4.39 Å². The van der Waals surface area contributed by atoms with E-state index in [1.807, 2.05) is 24.3 Å². The minimum atomic E-state index is -0.250. The Morgan fingerprint density at radius 2 is 1.85 bits per heavy atom. The van der Waals surface area contributed by atoms with Crippen molar-refractivity contribution in [2.75, 3.05) is 0 Å². The molecule has 0 atom stereocenters. The van der Waals surface area contributed by atoms with Gasteiger partial charge >= 0.3 is 0 Å². The van der Waals surface area contributed by atoms with Crippen LogP contribution in [0.4, 0.5) is 4.39 Å². The summed E-state index contributed by atoms with van der Waals surface area (Å²) in [5, 5.41) is 3.28. The second-order valence-corrected chi connectivity index (χ2v) is 6.09. The molecule has 0 aliphatic rings. The number of halogens is 2. The Morgan fingerprint density at radius 1 is 1.15 bits per heavy atom. The van der Waals surface area contributed by atoms with E-state index in [1.54, 1.807) is 6.07 Å². The molecule has 2 aromatic carbocycles. The quantitative estimate of drug-likeness (QED) is 0.753. The first-order valence-electron chi connectivity index (χ1n) is 6.50. The second kappa shape index (κ2) is 7.04. The van der Waals surface area contributed by atoms with Crippen LogP contribution >= 0.6 is 22.6 Å². The Morgan fingerprint density at radius 3 is 2.50 bits per heavy atom. The maximum absolute atomic E-state index is 13.4. The highest BCUT2D eigenvalue weighted by Gasteiger charge is 2.07. The molecule has 0 amide bonds. The van der Waals surface area contributed by atoms with Gasteiger partial charge in [-0.15, -0.1) is 0 Å². The molecule has 106 valence electrons. The van der Waals surface area contributed by atoms with Gasteiger partial charge in [0, 0.05) is 21.7 Å². The molecule has 0 spiro atoms. The van der Waals surface area contributed by atoms with E-state index in [0.29, 0.717) is 18.3 Å². The number of nitrogens with one attached hydrogen (secondary N) is 1. The zero-order valence-electron chi connectivity index (χ0n) is 11.5. The van der Waals surface area contributed by atoms with E-state index in [1.165, 1.54) is 12.1 Å². The van der Waals surface area contributed by atoms with Crippen molar-refractivity contribution < 1.29 is 9.13 Å². The first-order chi connectivity index (χ1) is 9.54. The van der Waals surface area contributed by atoms with Crippen LogP contribution in [0.1, 0.15) is 19.4 Å². The molecule has 4 heteroatoms. The maximum atomic E-state index is 13.4. The normalized spacial score (nSPS) is 10.8. The molecule has 0 aliphatic heterocycles. The Kier molecular flexibility index (Phi) is 5.37. The zero-order valence-corrected chi connectivity index (χ0v) is 13.6. The van der Waals surface area contributed by atoms with Gasteiger partial charge in [0.2, 0.25) is 0 Å². The largest absolute Gasteiger partial charge is 0.457 e. The predicted molar refractivity (Wildman–Crippen MR) is 87.6 cm³/mol. The van der Waals surface area contributed by atoms with Crippen LogP contribution in [-0.4, -0.2) is 6.04 Å². The van der Waals surface area contributed by atoms with Crippen molar-refractivity contribution in [1.82, 2.24) is 5.32 Å². The van der Waals surface area contributed by atoms with Crippen LogP contribution in [0.5, 0.6) is 11.5 Å². The van der Waals surface area contributed by atoms with Crippen LogP contribution in [0.2, 0.25) is 0 Å². The molecule has 0 saturated heterocycles. The lowest BCUT2D eigenvalue weighted by atomic mass is 10.2. The van der Waals surface area contributed by atoms with Crippen LogP contribution in [0.25, 0.3) is 0 Å². The van der Waals surface area contributed by atoms with Gasteiger partial charge in [-0.25, -0.2) is 4.39 Å². The molecular formula is C16H17FINO. The fourth-order valence-corrected chi connectivity index (χ4v) is 2.09. The Hall–Kier alpha value is -1.14. The van der Waals surface area contributed by atoms with E-state index in [0.717, 1.165) is 14.9 Å². The van der Waals surface area contributed by atoms with Gasteiger partial charge in [-0.1, -0.05) is 13.8 Å². The average molecular weight is 385 g/mol. The lowest BCUT2D eigenvalue weighted by molar-refractivity contribution is 0.466. The highest BCUT2D eigenvalue weighted by molar-refractivity contribution is 14.1. The molecular weight excluding hydrogens is 368 g/mol. The SMILES string of the molecule is CC(C)NCc1cc(F)ccc1Oc1ccc(I)cc1. The van der Waals surface area contributed by atoms with Crippen molar-refractivity contribution in [3.05, 3.63) is 57.4 Å². The summed E-state index contributed by atoms with van der Waals surface area (Å²) in [6.07, 6.45) is 0. The van der Waals surface area contributed by atoms with E-state index in [2.05, 4.69) is 41.8 Å². The number of hydrogen-bond donors (Lipinski definition) is 1. The summed E-state index contributed by atoms with van der Waals surface area (Å²) >= 11 is 2.24. The topological polar surface area (TPSA) is 21.3 Å². The van der Waals surface area contributed by atoms with Crippen LogP contribution in [-0.2, 0) is 6.54 Å². The van der Waals surface area contributed by atoms with Crippen molar-refractivity contribution in [1.29, 1.82) is 0 Å². The van der Waals surface area contributed by atoms with Gasteiger partial charge in [-0.05, 0) is 65.1 Å². The van der Waals surface area contributed by atoms with Crippen molar-refractivity contribution in [3.8, 4) is 11.5 Å². The summed E-state index contributed by atoms with van der Waals surface area (Å²) in [6, 6.07) is 12.7. The van der Waals surface area contributed by atoms with Crippen LogP contribution < -0.4 is 10.1 Å². The van der Waals surface area contributed by atoms with Crippen LogP contribution in [0, 0.1) is 9.39 Å². The monoisotopic (exact) mass is 385 g/mol. The second-order valence-electron chi connectivity index (χ2n) is 4.84. The summed E-state index contributed by atoms with van der Waals surface area (Å²) in [4.78, 5) is 0. The summed E-state index contributed by atoms with van der Waals surface area (Å²) in [5.41, 5.74) is 0.817. The average Bonchev–Trinajstić information content (AvgIpc) is 2.41. The molecule has 2 rings (SSSR count). The smallest absolute Gasteiger partial charge is 0.132 e. The van der Waals surface area contributed by atoms with Gasteiger partial charge in [0.15, 0.2) is 0 Å². The zero-order chi connectivity index (χ0) is 14.5. The van der Waals surface area contributed by atoms with Gasteiger partial charge in [0.25, 0.3) is 0 Å². The third-order valence-corrected chi connectivity index (χ3v) is 3.48. The van der Waals surface area contributed by atoms with Crippen molar-refractivity contribution in [2.45, 2.75) is 26.4 Å². The Labute approximate surface area is 132 Å². The molecule has 0 unspecified atom stereocenters. The van der Waals surface area contributed by atoms with Crippen LogP contribution in [0.15, 0.2) is 42.5 Å². The standard InChI is InChI=1S/C16H17FINO/c1-11(2)19-10-12-9-13(17)3-8-16(12)20-15-6-4-14(18)5-7-15/h3-9,11,19H,10H2,1-2H3. The molecule has 2 aromatic rings. The van der Waals surface area contributed by atoms with Crippen molar-refractivity contribution in [2.24, 2.45) is 0 Å². The van der Waals surface area contributed by atoms with E-state index in [-0.39, 0.29) is 5.82 Å². The summed E-state index contributed by atoms with van der Waals surface area (Å²) in [5.74, 6) is 1.18. The minimum Gasteiger partial charge on any atom is -0.457 e. The van der Waals surface area contributed by atoms with Crippen molar-refractivity contribution >= 4 is 22.6 Å². The minimum absolute atomic E-state index is 0.250. The molecule has 0 aliphatic carbocycles. The predicted octanol–water partition coefficient (Wildman–Crippen LogP) is 4.72. The van der Waals surface area contributed by atoms with Crippen molar-refractivity contribution in [3.63, 3.8) is 0 Å². The van der Waals surface area contributed by atoms with Gasteiger partial charge in [0.05, 0.1) is 0 Å². The van der Waals surface area contributed by atoms with E-state index >= 15 is 0 Å². The first-order valence-corrected chi connectivity index (χ1v) is 7.57. The highest BCUT2D eigenvalue weighted by atomic mass is 127. The number of hydrogen-bond acceptors (Lipinski definition) is 2. The van der Waals surface area contributed by atoms with Crippen LogP contribution in [0.3, 0.4) is 0 Å². The van der Waals surface area contributed by atoms with Gasteiger partial charge < -0.3 is 10.1 Å². The third-order valence-electron chi connectivity index (χ3n) is 2.76. The summed E-state index contributed by atoms with van der Waals surface area (Å²) in [7, 11) is 0. The molecule has 0 saturated carbocycles. The molecule has 1 N–H and O–H groups in total. The fourth-order valence-electron chi connectivity index (χ4n) is 1.73. The van der Waals surface area contributed by atoms with E-state index in [4.69, 9.17) is 4.74 Å². The Balaban J connectivity index is 2.19. The number of ether oxygens (including phenoxy) is 1. The fraction of sp³-hybridized carbons (Fsp3) is 0.250.